The quantitative estimate of drug-likeness (QED) is 0.715. The lowest BCUT2D eigenvalue weighted by molar-refractivity contribution is 0.0970. The first-order valence-electron chi connectivity index (χ1n) is 4.45. The van der Waals surface area contributed by atoms with Crippen LogP contribution in [0.5, 0.6) is 0 Å². The highest BCUT2D eigenvalue weighted by Gasteiger charge is 2.06. The second-order valence-electron chi connectivity index (χ2n) is 3.07. The topological polar surface area (TPSA) is 37.3 Å². The molecule has 0 aromatic heterocycles. The lowest BCUT2D eigenvalue weighted by Crippen LogP contribution is -2.02. The normalized spacial score (nSPS) is 10.0. The predicted octanol–water partition coefficient (Wildman–Crippen LogP) is 1.95. The molecule has 0 heterocycles. The molecule has 1 rings (SSSR count). The monoisotopic (exact) mass is 178 g/mol. The Kier molecular flexibility index (Phi) is 3.65. The number of aliphatic hydroxyl groups is 1. The average Bonchev–Trinajstić information content (AvgIpc) is 2.15. The molecule has 2 nitrogen and oxygen atoms in total. The number of carbonyl (C=O) groups excluding carboxylic acids is 1. The number of aryl methyl sites for hydroxylation is 1. The van der Waals surface area contributed by atoms with E-state index in [0.29, 0.717) is 12.8 Å². The fourth-order valence-electron chi connectivity index (χ4n) is 1.26. The van der Waals surface area contributed by atoms with Gasteiger partial charge in [0.1, 0.15) is 0 Å². The third kappa shape index (κ3) is 2.67. The van der Waals surface area contributed by atoms with E-state index in [2.05, 4.69) is 0 Å². The molecule has 1 aromatic rings. The zero-order valence-corrected chi connectivity index (χ0v) is 7.79. The summed E-state index contributed by atoms with van der Waals surface area (Å²) in [6, 6.07) is 7.53. The van der Waals surface area contributed by atoms with E-state index >= 15 is 0 Å². The highest BCUT2D eigenvalue weighted by atomic mass is 16.3. The zero-order chi connectivity index (χ0) is 9.68. The fraction of sp³-hybridized carbons (Fsp3) is 0.364. The van der Waals surface area contributed by atoms with E-state index in [0.717, 1.165) is 11.1 Å². The molecule has 0 aliphatic heterocycles. The van der Waals surface area contributed by atoms with Crippen LogP contribution in [0.2, 0.25) is 0 Å². The van der Waals surface area contributed by atoms with Crippen LogP contribution < -0.4 is 0 Å². The van der Waals surface area contributed by atoms with Gasteiger partial charge in [0, 0.05) is 18.6 Å². The van der Waals surface area contributed by atoms with Crippen LogP contribution in [0, 0.1) is 6.92 Å². The summed E-state index contributed by atoms with van der Waals surface area (Å²) < 4.78 is 0. The molecule has 2 heteroatoms. The van der Waals surface area contributed by atoms with Gasteiger partial charge in [0.05, 0.1) is 0 Å². The van der Waals surface area contributed by atoms with E-state index in [9.17, 15) is 4.79 Å². The second-order valence-corrected chi connectivity index (χ2v) is 3.07. The number of hydrogen-bond acceptors (Lipinski definition) is 2. The number of Topliss-reactive ketones (excluding diaryl/α,β-unsaturated/α-hetero) is 1. The molecule has 0 saturated carbocycles. The molecule has 0 aliphatic rings. The number of hydrogen-bond donors (Lipinski definition) is 1. The molecule has 1 aromatic carbocycles. The summed E-state index contributed by atoms with van der Waals surface area (Å²) >= 11 is 0. The van der Waals surface area contributed by atoms with Gasteiger partial charge in [-0.3, -0.25) is 4.79 Å². The lowest BCUT2D eigenvalue weighted by atomic mass is 10.0. The van der Waals surface area contributed by atoms with E-state index in [1.807, 2.05) is 31.2 Å². The molecular formula is C11H14O2. The van der Waals surface area contributed by atoms with Crippen LogP contribution in [0.1, 0.15) is 28.8 Å². The first-order chi connectivity index (χ1) is 6.25. The van der Waals surface area contributed by atoms with Crippen LogP contribution in [0.15, 0.2) is 24.3 Å². The smallest absolute Gasteiger partial charge is 0.163 e. The largest absolute Gasteiger partial charge is 0.396 e. The minimum atomic E-state index is 0.0810. The Labute approximate surface area is 78.2 Å². The van der Waals surface area contributed by atoms with Crippen LogP contribution in [0.4, 0.5) is 0 Å². The van der Waals surface area contributed by atoms with E-state index in [1.54, 1.807) is 0 Å². The number of ketones is 1. The zero-order valence-electron chi connectivity index (χ0n) is 7.79. The van der Waals surface area contributed by atoms with Crippen molar-refractivity contribution in [2.24, 2.45) is 0 Å². The van der Waals surface area contributed by atoms with Gasteiger partial charge in [0.25, 0.3) is 0 Å². The summed E-state index contributed by atoms with van der Waals surface area (Å²) in [5.74, 6) is 0.118. The first-order valence-corrected chi connectivity index (χ1v) is 4.45. The minimum Gasteiger partial charge on any atom is -0.396 e. The molecule has 0 saturated heterocycles. The van der Waals surface area contributed by atoms with Crippen molar-refractivity contribution in [1.29, 1.82) is 0 Å². The molecule has 0 spiro atoms. The number of carbonyl (C=O) groups is 1. The minimum absolute atomic E-state index is 0.0810. The average molecular weight is 178 g/mol. The maximum atomic E-state index is 11.5. The summed E-state index contributed by atoms with van der Waals surface area (Å²) in [7, 11) is 0. The first kappa shape index (κ1) is 9.93. The summed E-state index contributed by atoms with van der Waals surface area (Å²) in [6.45, 7) is 2.00. The second kappa shape index (κ2) is 4.77. The van der Waals surface area contributed by atoms with E-state index in [4.69, 9.17) is 5.11 Å². The van der Waals surface area contributed by atoms with E-state index in [1.165, 1.54) is 0 Å². The third-order valence-corrected chi connectivity index (χ3v) is 2.01. The third-order valence-electron chi connectivity index (χ3n) is 2.01. The van der Waals surface area contributed by atoms with Crippen molar-refractivity contribution >= 4 is 5.78 Å². The Morgan fingerprint density at radius 2 is 2.08 bits per heavy atom. The van der Waals surface area contributed by atoms with Gasteiger partial charge in [-0.15, -0.1) is 0 Å². The van der Waals surface area contributed by atoms with Gasteiger partial charge in [-0.1, -0.05) is 24.3 Å². The van der Waals surface area contributed by atoms with Gasteiger partial charge in [-0.05, 0) is 18.9 Å². The Bertz CT molecular complexity index is 292. The Balaban J connectivity index is 2.71. The van der Waals surface area contributed by atoms with E-state index in [-0.39, 0.29) is 12.4 Å². The molecule has 13 heavy (non-hydrogen) atoms. The van der Waals surface area contributed by atoms with Crippen molar-refractivity contribution in [3.63, 3.8) is 0 Å². The molecule has 0 radical (unpaired) electrons. The van der Waals surface area contributed by atoms with Crippen LogP contribution in [0.3, 0.4) is 0 Å². The SMILES string of the molecule is Cc1ccccc1C(=O)CCCO. The standard InChI is InChI=1S/C11H14O2/c1-9-5-2-3-6-10(9)11(13)7-4-8-12/h2-3,5-6,12H,4,7-8H2,1H3. The Morgan fingerprint density at radius 1 is 1.38 bits per heavy atom. The van der Waals surface area contributed by atoms with Gasteiger partial charge in [0.15, 0.2) is 5.78 Å². The van der Waals surface area contributed by atoms with Crippen molar-refractivity contribution in [3.8, 4) is 0 Å². The van der Waals surface area contributed by atoms with Crippen molar-refractivity contribution in [2.75, 3.05) is 6.61 Å². The maximum absolute atomic E-state index is 11.5. The maximum Gasteiger partial charge on any atom is 0.163 e. The fourth-order valence-corrected chi connectivity index (χ4v) is 1.26. The van der Waals surface area contributed by atoms with Crippen LogP contribution >= 0.6 is 0 Å². The Morgan fingerprint density at radius 3 is 2.69 bits per heavy atom. The van der Waals surface area contributed by atoms with Crippen LogP contribution in [-0.4, -0.2) is 17.5 Å². The molecule has 0 bridgehead atoms. The highest BCUT2D eigenvalue weighted by molar-refractivity contribution is 5.97. The predicted molar refractivity (Wildman–Crippen MR) is 51.8 cm³/mol. The molecule has 0 amide bonds. The van der Waals surface area contributed by atoms with Gasteiger partial charge in [-0.2, -0.15) is 0 Å². The van der Waals surface area contributed by atoms with Crippen LogP contribution in [-0.2, 0) is 0 Å². The summed E-state index contributed by atoms with van der Waals surface area (Å²) in [5.41, 5.74) is 1.78. The molecule has 0 fully saturated rings. The number of benzene rings is 1. The summed E-state index contributed by atoms with van der Waals surface area (Å²) in [6.07, 6.45) is 0.981. The molecule has 70 valence electrons. The van der Waals surface area contributed by atoms with Gasteiger partial charge in [0.2, 0.25) is 0 Å². The summed E-state index contributed by atoms with van der Waals surface area (Å²) in [4.78, 5) is 11.5. The van der Waals surface area contributed by atoms with Crippen molar-refractivity contribution < 1.29 is 9.90 Å². The molecule has 0 unspecified atom stereocenters. The van der Waals surface area contributed by atoms with Crippen molar-refractivity contribution in [1.82, 2.24) is 0 Å². The van der Waals surface area contributed by atoms with E-state index < -0.39 is 0 Å². The highest BCUT2D eigenvalue weighted by Crippen LogP contribution is 2.10. The van der Waals surface area contributed by atoms with Gasteiger partial charge >= 0.3 is 0 Å². The lowest BCUT2D eigenvalue weighted by Gasteiger charge is -2.02. The molecule has 0 atom stereocenters. The van der Waals surface area contributed by atoms with Crippen molar-refractivity contribution in [3.05, 3.63) is 35.4 Å². The van der Waals surface area contributed by atoms with Gasteiger partial charge in [-0.25, -0.2) is 0 Å². The molecule has 1 N–H and O–H groups in total. The number of aliphatic hydroxyl groups excluding tert-OH is 1. The van der Waals surface area contributed by atoms with Crippen molar-refractivity contribution in [2.45, 2.75) is 19.8 Å². The van der Waals surface area contributed by atoms with Gasteiger partial charge < -0.3 is 5.11 Å². The molecular weight excluding hydrogens is 164 g/mol. The van der Waals surface area contributed by atoms with Crippen LogP contribution in [0.25, 0.3) is 0 Å². The molecule has 0 aliphatic carbocycles. The number of rotatable bonds is 4. The summed E-state index contributed by atoms with van der Waals surface area (Å²) in [5, 5.41) is 8.58. The Hall–Kier alpha value is -1.15.